The lowest BCUT2D eigenvalue weighted by Gasteiger charge is -2.20. The number of halogens is 10. The van der Waals surface area contributed by atoms with Crippen molar-refractivity contribution in [1.82, 2.24) is 35.2 Å². The second-order valence-electron chi connectivity index (χ2n) is 15.6. The summed E-state index contributed by atoms with van der Waals surface area (Å²) in [6.07, 6.45) is -5.81. The molecular weight excluding hydrogens is 987 g/mol. The zero-order chi connectivity index (χ0) is 53.7. The second kappa shape index (κ2) is 24.5. The molecule has 384 valence electrons. The van der Waals surface area contributed by atoms with Gasteiger partial charge in [0.15, 0.2) is 0 Å². The standard InChI is InChI=1S/C13H13F3N4.C13H12F3N3.C13H11F3N2.C12H14ClN3/c1-2-9-10(11(17)20-12(18)19-9)7-3-5-8(6-4-7)13(14,15)16;1-2-10-11(12(17)19-7-18-10)8-3-5-9(6-4-8)13(14,15)16;1-2-12-11(7-17-8-18-12)9-3-5-10(6-4-9)13(14,15)16;1-2-10-11(12(14)16-7-15-10)8-3-5-9(13)6-4-8/h3-6H,2H2,1H3,(H4,17,18,19,20);3-7H,2H2,1H3,(H2,17,18,19);3-8H,2H2,1H3;3-6,15H,2,7H2,1H3,(H2,14,16). The minimum atomic E-state index is -4.37. The highest BCUT2D eigenvalue weighted by molar-refractivity contribution is 6.30. The average Bonchev–Trinajstić information content (AvgIpc) is 3.36. The van der Waals surface area contributed by atoms with Crippen molar-refractivity contribution in [3.8, 4) is 33.4 Å². The molecule has 12 nitrogen and oxygen atoms in total. The summed E-state index contributed by atoms with van der Waals surface area (Å²) in [5, 5.41) is 3.97. The molecule has 1 aliphatic rings. The van der Waals surface area contributed by atoms with Crippen LogP contribution in [0, 0.1) is 0 Å². The SMILES string of the molecule is CCC1=C(c2ccc(Cl)cc2)C(N)=NCN1.CCc1nc(N)nc(N)c1-c1ccc(C(F)(F)F)cc1.CCc1ncnc(N)c1-c1ccc(C(F)(F)F)cc1.CCc1ncncc1-c1ccc(C(F)(F)F)cc1. The fourth-order valence-corrected chi connectivity index (χ4v) is 7.41. The zero-order valence-electron chi connectivity index (χ0n) is 39.7. The molecule has 0 amide bonds. The van der Waals surface area contributed by atoms with Crippen LogP contribution in [0.3, 0.4) is 0 Å². The van der Waals surface area contributed by atoms with Gasteiger partial charge in [-0.15, -0.1) is 0 Å². The molecule has 9 N–H and O–H groups in total. The molecular formula is C51H50ClF9N12. The quantitative estimate of drug-likeness (QED) is 0.0905. The molecule has 1 aliphatic heterocycles. The number of aromatic nitrogens is 6. The number of nitrogen functional groups attached to an aromatic ring is 3. The van der Waals surface area contributed by atoms with Crippen LogP contribution in [-0.2, 0) is 37.8 Å². The van der Waals surface area contributed by atoms with E-state index in [2.05, 4.69) is 47.1 Å². The monoisotopic (exact) mass is 1040 g/mol. The van der Waals surface area contributed by atoms with Crippen molar-refractivity contribution in [2.24, 2.45) is 10.7 Å². The number of anilines is 3. The Morgan fingerprint density at radius 3 is 1.42 bits per heavy atom. The third kappa shape index (κ3) is 14.9. The summed E-state index contributed by atoms with van der Waals surface area (Å²) in [5.74, 6) is 1.08. The van der Waals surface area contributed by atoms with Crippen molar-refractivity contribution in [2.75, 3.05) is 23.9 Å². The number of benzene rings is 4. The Labute approximate surface area is 419 Å². The maximum Gasteiger partial charge on any atom is 0.416 e. The second-order valence-corrected chi connectivity index (χ2v) is 16.1. The minimum Gasteiger partial charge on any atom is -0.383 e. The molecule has 0 radical (unpaired) electrons. The number of amidine groups is 1. The molecule has 73 heavy (non-hydrogen) atoms. The van der Waals surface area contributed by atoms with Gasteiger partial charge in [-0.2, -0.15) is 44.5 Å². The van der Waals surface area contributed by atoms with Crippen molar-refractivity contribution in [1.29, 1.82) is 0 Å². The van der Waals surface area contributed by atoms with E-state index in [9.17, 15) is 39.5 Å². The molecule has 8 rings (SSSR count). The van der Waals surface area contributed by atoms with Crippen molar-refractivity contribution < 1.29 is 39.5 Å². The Bertz CT molecular complexity index is 3000. The maximum atomic E-state index is 12.5. The number of aliphatic imine (C=N–C) groups is 1. The number of hydrogen-bond donors (Lipinski definition) is 5. The van der Waals surface area contributed by atoms with Gasteiger partial charge >= 0.3 is 18.5 Å². The maximum absolute atomic E-state index is 12.5. The van der Waals surface area contributed by atoms with Crippen LogP contribution in [0.5, 0.6) is 0 Å². The van der Waals surface area contributed by atoms with Crippen LogP contribution in [0.1, 0.15) is 73.5 Å². The van der Waals surface area contributed by atoms with Crippen molar-refractivity contribution >= 4 is 40.6 Å². The zero-order valence-corrected chi connectivity index (χ0v) is 40.5. The predicted octanol–water partition coefficient (Wildman–Crippen LogP) is 12.3. The fraction of sp³-hybridized carbons (Fsp3) is 0.235. The topological polar surface area (TPSA) is 206 Å². The van der Waals surface area contributed by atoms with Crippen LogP contribution in [0.15, 0.2) is 127 Å². The normalized spacial score (nSPS) is 12.5. The van der Waals surface area contributed by atoms with E-state index in [1.165, 1.54) is 49.1 Å². The van der Waals surface area contributed by atoms with Gasteiger partial charge in [0, 0.05) is 39.2 Å². The Morgan fingerprint density at radius 1 is 0.507 bits per heavy atom. The van der Waals surface area contributed by atoms with Crippen LogP contribution in [0.2, 0.25) is 5.02 Å². The summed E-state index contributed by atoms with van der Waals surface area (Å²) in [7, 11) is 0. The predicted molar refractivity (Wildman–Crippen MR) is 267 cm³/mol. The number of nitrogens with one attached hydrogen (secondary N) is 1. The molecule has 0 spiro atoms. The number of nitrogens with zero attached hydrogens (tertiary/aromatic N) is 7. The van der Waals surface area contributed by atoms with Crippen LogP contribution < -0.4 is 28.3 Å². The third-order valence-electron chi connectivity index (χ3n) is 10.9. The Morgan fingerprint density at radius 2 is 0.959 bits per heavy atom. The van der Waals surface area contributed by atoms with E-state index in [-0.39, 0.29) is 17.6 Å². The first-order valence-electron chi connectivity index (χ1n) is 22.4. The molecule has 3 aromatic heterocycles. The van der Waals surface area contributed by atoms with E-state index in [4.69, 9.17) is 34.5 Å². The number of hydrogen-bond acceptors (Lipinski definition) is 12. The third-order valence-corrected chi connectivity index (χ3v) is 11.1. The van der Waals surface area contributed by atoms with Gasteiger partial charge in [0.05, 0.1) is 33.8 Å². The molecule has 0 fully saturated rings. The number of alkyl halides is 9. The lowest BCUT2D eigenvalue weighted by molar-refractivity contribution is -0.138. The van der Waals surface area contributed by atoms with Gasteiger partial charge in [0.25, 0.3) is 0 Å². The summed E-state index contributed by atoms with van der Waals surface area (Å²) in [4.78, 5) is 28.1. The van der Waals surface area contributed by atoms with Crippen molar-refractivity contribution in [2.45, 2.75) is 71.9 Å². The molecule has 4 aromatic carbocycles. The van der Waals surface area contributed by atoms with Gasteiger partial charge in [-0.05, 0) is 96.5 Å². The van der Waals surface area contributed by atoms with Gasteiger partial charge < -0.3 is 28.3 Å². The fourth-order valence-electron chi connectivity index (χ4n) is 7.29. The van der Waals surface area contributed by atoms with Gasteiger partial charge in [-0.3, -0.25) is 0 Å². The van der Waals surface area contributed by atoms with E-state index >= 15 is 0 Å². The molecule has 0 atom stereocenters. The summed E-state index contributed by atoms with van der Waals surface area (Å²) in [5.41, 5.74) is 30.0. The van der Waals surface area contributed by atoms with Crippen LogP contribution >= 0.6 is 11.6 Å². The Kier molecular flexibility index (Phi) is 18.9. The Hall–Kier alpha value is -7.81. The summed E-state index contributed by atoms with van der Waals surface area (Å²) < 4.78 is 112. The summed E-state index contributed by atoms with van der Waals surface area (Å²) in [6, 6.07) is 22.2. The van der Waals surface area contributed by atoms with Gasteiger partial charge in [-0.1, -0.05) is 87.8 Å². The minimum absolute atomic E-state index is 0.0509. The molecule has 0 bridgehead atoms. The highest BCUT2D eigenvalue weighted by Gasteiger charge is 2.32. The van der Waals surface area contributed by atoms with Gasteiger partial charge in [-0.25, -0.2) is 29.9 Å². The highest BCUT2D eigenvalue weighted by atomic mass is 35.5. The van der Waals surface area contributed by atoms with Crippen LogP contribution in [0.25, 0.3) is 39.0 Å². The summed E-state index contributed by atoms with van der Waals surface area (Å²) >= 11 is 5.86. The van der Waals surface area contributed by atoms with Crippen LogP contribution in [-0.4, -0.2) is 42.4 Å². The van der Waals surface area contributed by atoms with Gasteiger partial charge in [0.2, 0.25) is 5.95 Å². The molecule has 0 saturated carbocycles. The molecule has 22 heteroatoms. The first-order chi connectivity index (χ1) is 34.5. The first-order valence-corrected chi connectivity index (χ1v) is 22.7. The molecule has 0 aliphatic carbocycles. The van der Waals surface area contributed by atoms with E-state index in [1.807, 2.05) is 45.0 Å². The van der Waals surface area contributed by atoms with Crippen molar-refractivity contribution in [3.05, 3.63) is 166 Å². The Balaban J connectivity index is 0.000000181. The first kappa shape index (κ1) is 56.1. The van der Waals surface area contributed by atoms with Crippen LogP contribution in [0.4, 0.5) is 57.1 Å². The number of rotatable bonds is 8. The van der Waals surface area contributed by atoms with E-state index in [1.54, 1.807) is 6.20 Å². The number of allylic oxidation sites excluding steroid dienone is 1. The molecule has 7 aromatic rings. The lowest BCUT2D eigenvalue weighted by atomic mass is 10.0. The molecule has 0 unspecified atom stereocenters. The largest absolute Gasteiger partial charge is 0.416 e. The highest BCUT2D eigenvalue weighted by Crippen LogP contribution is 2.36. The number of aryl methyl sites for hydroxylation is 3. The van der Waals surface area contributed by atoms with E-state index in [0.29, 0.717) is 71.0 Å². The molecule has 4 heterocycles. The smallest absolute Gasteiger partial charge is 0.383 e. The average molecular weight is 1040 g/mol. The van der Waals surface area contributed by atoms with Gasteiger partial charge in [0.1, 0.15) is 36.8 Å². The van der Waals surface area contributed by atoms with E-state index in [0.717, 1.165) is 75.9 Å². The van der Waals surface area contributed by atoms with Crippen molar-refractivity contribution in [3.63, 3.8) is 0 Å². The molecule has 0 saturated heterocycles. The number of nitrogens with two attached hydrogens (primary N) is 4. The lowest BCUT2D eigenvalue weighted by Crippen LogP contribution is -2.28. The summed E-state index contributed by atoms with van der Waals surface area (Å²) in [6.45, 7) is 8.35. The van der Waals surface area contributed by atoms with E-state index < -0.39 is 35.2 Å².